The number of unbranched alkanes of at least 4 members (excludes halogenated alkanes) is 1. The van der Waals surface area contributed by atoms with Crippen LogP contribution in [0.25, 0.3) is 16.6 Å². The van der Waals surface area contributed by atoms with Gasteiger partial charge in [0.25, 0.3) is 5.91 Å². The van der Waals surface area contributed by atoms with Crippen LogP contribution >= 0.6 is 0 Å². The number of ether oxygens (including phenoxy) is 1. The topological polar surface area (TPSA) is 161 Å². The third-order valence-corrected chi connectivity index (χ3v) is 6.69. The summed E-state index contributed by atoms with van der Waals surface area (Å²) in [5.41, 5.74) is 8.95. The van der Waals surface area contributed by atoms with Crippen LogP contribution in [0.4, 0.5) is 22.1 Å². The summed E-state index contributed by atoms with van der Waals surface area (Å²) in [6, 6.07) is 21.4. The van der Waals surface area contributed by atoms with Crippen LogP contribution in [0.5, 0.6) is 11.5 Å². The van der Waals surface area contributed by atoms with Crippen molar-refractivity contribution in [2.45, 2.75) is 26.2 Å². The van der Waals surface area contributed by atoms with E-state index in [1.807, 2.05) is 36.4 Å². The first-order valence-electron chi connectivity index (χ1n) is 14.4. The molecule has 0 saturated carbocycles. The van der Waals surface area contributed by atoms with Gasteiger partial charge in [-0.3, -0.25) is 15.1 Å². The number of benzene rings is 2. The SMILES string of the molecule is CCCCc1cc(NC(=O)Nc2ccc(Oc3ccnc(C(=O)NC)c3)cc2)n(-c2ccc3nc(NCCN)ccc3c2)n1. The highest BCUT2D eigenvalue weighted by Gasteiger charge is 2.14. The highest BCUT2D eigenvalue weighted by Crippen LogP contribution is 2.25. The van der Waals surface area contributed by atoms with Gasteiger partial charge in [-0.25, -0.2) is 14.5 Å². The van der Waals surface area contributed by atoms with Crippen molar-refractivity contribution in [1.82, 2.24) is 25.1 Å². The molecule has 0 fully saturated rings. The summed E-state index contributed by atoms with van der Waals surface area (Å²) < 4.78 is 7.59. The summed E-state index contributed by atoms with van der Waals surface area (Å²) in [6.07, 6.45) is 4.33. The Kier molecular flexibility index (Phi) is 9.62. The van der Waals surface area contributed by atoms with E-state index >= 15 is 0 Å². The Balaban J connectivity index is 1.29. The molecule has 3 amide bonds. The molecule has 0 bridgehead atoms. The number of fused-ring (bicyclic) bond motifs is 1. The van der Waals surface area contributed by atoms with Crippen molar-refractivity contribution in [2.24, 2.45) is 5.73 Å². The Morgan fingerprint density at radius 3 is 2.57 bits per heavy atom. The van der Waals surface area contributed by atoms with E-state index < -0.39 is 6.03 Å². The number of hydrogen-bond donors (Lipinski definition) is 5. The molecule has 0 aliphatic rings. The van der Waals surface area contributed by atoms with Crippen molar-refractivity contribution in [2.75, 3.05) is 36.1 Å². The van der Waals surface area contributed by atoms with Crippen molar-refractivity contribution in [3.05, 3.63) is 90.4 Å². The first-order chi connectivity index (χ1) is 21.4. The van der Waals surface area contributed by atoms with Crippen molar-refractivity contribution < 1.29 is 14.3 Å². The molecule has 2 aromatic carbocycles. The molecule has 12 nitrogen and oxygen atoms in total. The summed E-state index contributed by atoms with van der Waals surface area (Å²) in [5, 5.41) is 17.3. The van der Waals surface area contributed by atoms with Crippen LogP contribution in [0.15, 0.2) is 79.0 Å². The van der Waals surface area contributed by atoms with Gasteiger partial charge in [0.1, 0.15) is 28.8 Å². The van der Waals surface area contributed by atoms with E-state index in [4.69, 9.17) is 15.6 Å². The molecule has 12 heteroatoms. The average Bonchev–Trinajstić information content (AvgIpc) is 3.45. The molecule has 0 aliphatic heterocycles. The van der Waals surface area contributed by atoms with E-state index in [-0.39, 0.29) is 11.6 Å². The van der Waals surface area contributed by atoms with Gasteiger partial charge in [-0.15, -0.1) is 0 Å². The maximum atomic E-state index is 13.1. The average molecular weight is 594 g/mol. The summed E-state index contributed by atoms with van der Waals surface area (Å²) >= 11 is 0. The first kappa shape index (κ1) is 30.0. The fourth-order valence-electron chi connectivity index (χ4n) is 4.49. The summed E-state index contributed by atoms with van der Waals surface area (Å²) in [7, 11) is 1.54. The number of anilines is 3. The number of rotatable bonds is 12. The van der Waals surface area contributed by atoms with E-state index in [0.717, 1.165) is 47.4 Å². The standard InChI is InChI=1S/C32H35N9O3/c1-3-4-5-23-19-30(41(40-23)24-9-12-27-21(18-24)6-13-29(38-27)36-17-15-33)39-32(43)37-22-7-10-25(11-8-22)44-26-14-16-35-28(20-26)31(42)34-2/h6-14,16,18-20H,3-5,15,17,33H2,1-2H3,(H,34,42)(H,36,38)(H2,37,39,43). The van der Waals surface area contributed by atoms with Gasteiger partial charge in [0.2, 0.25) is 0 Å². The van der Waals surface area contributed by atoms with Crippen LogP contribution in [0.2, 0.25) is 0 Å². The second kappa shape index (κ2) is 14.1. The number of nitrogens with zero attached hydrogens (tertiary/aromatic N) is 4. The lowest BCUT2D eigenvalue weighted by atomic mass is 10.2. The molecule has 3 aromatic heterocycles. The van der Waals surface area contributed by atoms with Gasteiger partial charge >= 0.3 is 6.03 Å². The molecule has 0 saturated heterocycles. The Morgan fingerprint density at radius 2 is 1.80 bits per heavy atom. The first-order valence-corrected chi connectivity index (χ1v) is 14.4. The number of nitrogens with two attached hydrogens (primary N) is 1. The lowest BCUT2D eigenvalue weighted by Gasteiger charge is -2.12. The minimum absolute atomic E-state index is 0.252. The van der Waals surface area contributed by atoms with Gasteiger partial charge in [0.15, 0.2) is 0 Å². The maximum absolute atomic E-state index is 13.1. The van der Waals surface area contributed by atoms with E-state index in [9.17, 15) is 9.59 Å². The number of amides is 3. The molecular weight excluding hydrogens is 558 g/mol. The zero-order valence-electron chi connectivity index (χ0n) is 24.6. The molecule has 0 unspecified atom stereocenters. The molecule has 0 spiro atoms. The minimum Gasteiger partial charge on any atom is -0.457 e. The number of aryl methyl sites for hydroxylation is 1. The molecule has 6 N–H and O–H groups in total. The van der Waals surface area contributed by atoms with E-state index in [1.165, 1.54) is 13.2 Å². The minimum atomic E-state index is -0.413. The number of nitrogens with one attached hydrogen (secondary N) is 4. The van der Waals surface area contributed by atoms with Crippen LogP contribution in [0.3, 0.4) is 0 Å². The van der Waals surface area contributed by atoms with Crippen LogP contribution in [-0.4, -0.2) is 51.8 Å². The number of carbonyl (C=O) groups is 2. The molecule has 44 heavy (non-hydrogen) atoms. The lowest BCUT2D eigenvalue weighted by molar-refractivity contribution is 0.0957. The molecule has 3 heterocycles. The van der Waals surface area contributed by atoms with Gasteiger partial charge in [0, 0.05) is 49.5 Å². The second-order valence-electron chi connectivity index (χ2n) is 9.99. The Morgan fingerprint density at radius 1 is 0.955 bits per heavy atom. The number of aromatic nitrogens is 4. The largest absolute Gasteiger partial charge is 0.457 e. The molecule has 0 radical (unpaired) electrons. The van der Waals surface area contributed by atoms with Crippen molar-refractivity contribution >= 4 is 40.2 Å². The van der Waals surface area contributed by atoms with Crippen LogP contribution in [0.1, 0.15) is 35.9 Å². The van der Waals surface area contributed by atoms with Gasteiger partial charge < -0.3 is 26.4 Å². The third-order valence-electron chi connectivity index (χ3n) is 6.69. The van der Waals surface area contributed by atoms with E-state index in [1.54, 1.807) is 41.1 Å². The van der Waals surface area contributed by atoms with Crippen molar-refractivity contribution in [3.63, 3.8) is 0 Å². The fraction of sp³-hybridized carbons (Fsp3) is 0.219. The molecule has 5 rings (SSSR count). The Hall–Kier alpha value is -5.49. The van der Waals surface area contributed by atoms with Crippen LogP contribution in [-0.2, 0) is 6.42 Å². The third kappa shape index (κ3) is 7.47. The Bertz CT molecular complexity index is 1750. The molecule has 0 atom stereocenters. The van der Waals surface area contributed by atoms with E-state index in [2.05, 4.69) is 38.2 Å². The Labute approximate surface area is 255 Å². The van der Waals surface area contributed by atoms with E-state index in [0.29, 0.717) is 36.1 Å². The number of pyridine rings is 2. The smallest absolute Gasteiger partial charge is 0.324 e. The summed E-state index contributed by atoms with van der Waals surface area (Å²) in [4.78, 5) is 33.6. The molecule has 226 valence electrons. The number of urea groups is 1. The predicted octanol–water partition coefficient (Wildman–Crippen LogP) is 5.32. The highest BCUT2D eigenvalue weighted by atomic mass is 16.5. The summed E-state index contributed by atoms with van der Waals surface area (Å²) in [6.45, 7) is 3.30. The monoisotopic (exact) mass is 593 g/mol. The van der Waals surface area contributed by atoms with Crippen LogP contribution < -0.4 is 31.7 Å². The quantitative estimate of drug-likeness (QED) is 0.130. The second-order valence-corrected chi connectivity index (χ2v) is 9.99. The van der Waals surface area contributed by atoms with Gasteiger partial charge in [0.05, 0.1) is 16.9 Å². The molecule has 5 aromatic rings. The lowest BCUT2D eigenvalue weighted by Crippen LogP contribution is -2.21. The summed E-state index contributed by atoms with van der Waals surface area (Å²) in [5.74, 6) is 2.02. The number of carbonyl (C=O) groups excluding carboxylic acids is 2. The number of hydrogen-bond acceptors (Lipinski definition) is 8. The highest BCUT2D eigenvalue weighted by molar-refractivity contribution is 5.99. The maximum Gasteiger partial charge on any atom is 0.324 e. The predicted molar refractivity (Wildman–Crippen MR) is 172 cm³/mol. The van der Waals surface area contributed by atoms with Gasteiger partial charge in [-0.05, 0) is 73.5 Å². The van der Waals surface area contributed by atoms with Crippen molar-refractivity contribution in [1.29, 1.82) is 0 Å². The zero-order valence-corrected chi connectivity index (χ0v) is 24.6. The van der Waals surface area contributed by atoms with Crippen molar-refractivity contribution in [3.8, 4) is 17.2 Å². The van der Waals surface area contributed by atoms with Gasteiger partial charge in [-0.1, -0.05) is 13.3 Å². The van der Waals surface area contributed by atoms with Crippen LogP contribution in [0, 0.1) is 0 Å². The molecule has 0 aliphatic carbocycles. The molecular formula is C32H35N9O3. The van der Waals surface area contributed by atoms with Gasteiger partial charge in [-0.2, -0.15) is 5.10 Å². The fourth-order valence-corrected chi connectivity index (χ4v) is 4.49. The zero-order chi connectivity index (χ0) is 30.9. The normalized spacial score (nSPS) is 10.8.